The number of rotatable bonds is 5. The lowest BCUT2D eigenvalue weighted by atomic mass is 9.93. The molecule has 0 atom stereocenters. The van der Waals surface area contributed by atoms with Gasteiger partial charge in [-0.25, -0.2) is 4.98 Å². The Labute approximate surface area is 165 Å². The van der Waals surface area contributed by atoms with Crippen LogP contribution in [0.25, 0.3) is 11.3 Å². The van der Waals surface area contributed by atoms with Gasteiger partial charge in [0.05, 0.1) is 5.69 Å². The molecule has 6 nitrogen and oxygen atoms in total. The molecule has 2 aliphatic heterocycles. The van der Waals surface area contributed by atoms with Crippen LogP contribution < -0.4 is 5.32 Å². The average Bonchev–Trinajstić information content (AvgIpc) is 3.29. The zero-order valence-corrected chi connectivity index (χ0v) is 16.5. The van der Waals surface area contributed by atoms with Crippen molar-refractivity contribution < 1.29 is 9.59 Å². The first-order valence-corrected chi connectivity index (χ1v) is 10.3. The summed E-state index contributed by atoms with van der Waals surface area (Å²) in [5.74, 6) is 1.76. The molecule has 0 aliphatic carbocycles. The number of carbonyl (C=O) groups is 2. The van der Waals surface area contributed by atoms with Crippen LogP contribution in [0.4, 0.5) is 0 Å². The standard InChI is InChI=1S/C22H28N4O2/c1-16(27)25-10-7-17(8-11-25)13-22(28)23-14-18-4-2-5-19(12-18)20-15-26-9-3-6-21(26)24-20/h2,4-5,12,15,17H,3,6-11,13-14H2,1H3,(H,23,28). The topological polar surface area (TPSA) is 67.2 Å². The highest BCUT2D eigenvalue weighted by atomic mass is 16.2. The van der Waals surface area contributed by atoms with Crippen molar-refractivity contribution in [2.75, 3.05) is 13.1 Å². The molecule has 28 heavy (non-hydrogen) atoms. The molecule has 6 heteroatoms. The SMILES string of the molecule is CC(=O)N1CCC(CC(=O)NCc2cccc(-c3cn4c(n3)CCC4)c2)CC1. The number of likely N-dealkylation sites (tertiary alicyclic amines) is 1. The maximum Gasteiger partial charge on any atom is 0.220 e. The summed E-state index contributed by atoms with van der Waals surface area (Å²) in [6.07, 6.45) is 6.73. The summed E-state index contributed by atoms with van der Waals surface area (Å²) in [5, 5.41) is 3.05. The quantitative estimate of drug-likeness (QED) is 0.867. The molecule has 0 spiro atoms. The second-order valence-electron chi connectivity index (χ2n) is 7.97. The molecule has 3 heterocycles. The third kappa shape index (κ3) is 4.26. The summed E-state index contributed by atoms with van der Waals surface area (Å²) >= 11 is 0. The lowest BCUT2D eigenvalue weighted by Crippen LogP contribution is -2.38. The van der Waals surface area contributed by atoms with Gasteiger partial charge < -0.3 is 14.8 Å². The number of nitrogens with zero attached hydrogens (tertiary/aromatic N) is 3. The molecule has 0 saturated carbocycles. The molecule has 2 aromatic rings. The molecule has 1 aromatic heterocycles. The number of hydrogen-bond donors (Lipinski definition) is 1. The number of piperidine rings is 1. The van der Waals surface area contributed by atoms with Crippen molar-refractivity contribution in [1.82, 2.24) is 19.8 Å². The van der Waals surface area contributed by atoms with Gasteiger partial charge in [-0.05, 0) is 36.8 Å². The van der Waals surface area contributed by atoms with Gasteiger partial charge in [0.15, 0.2) is 0 Å². The average molecular weight is 380 g/mol. The number of fused-ring (bicyclic) bond motifs is 1. The fourth-order valence-corrected chi connectivity index (χ4v) is 4.22. The first kappa shape index (κ1) is 18.7. The highest BCUT2D eigenvalue weighted by molar-refractivity contribution is 5.76. The predicted octanol–water partition coefficient (Wildman–Crippen LogP) is 2.76. The number of aryl methyl sites for hydroxylation is 2. The van der Waals surface area contributed by atoms with E-state index in [9.17, 15) is 9.59 Å². The second kappa shape index (κ2) is 8.17. The van der Waals surface area contributed by atoms with Crippen molar-refractivity contribution in [2.45, 2.75) is 52.1 Å². The molecule has 148 valence electrons. The monoisotopic (exact) mass is 380 g/mol. The third-order valence-electron chi connectivity index (χ3n) is 5.90. The Balaban J connectivity index is 1.29. The van der Waals surface area contributed by atoms with E-state index in [4.69, 9.17) is 4.98 Å². The van der Waals surface area contributed by atoms with Gasteiger partial charge in [-0.1, -0.05) is 18.2 Å². The van der Waals surface area contributed by atoms with Crippen LogP contribution in [0.2, 0.25) is 0 Å². The highest BCUT2D eigenvalue weighted by Crippen LogP contribution is 2.24. The van der Waals surface area contributed by atoms with Crippen LogP contribution in [0.5, 0.6) is 0 Å². The van der Waals surface area contributed by atoms with Gasteiger partial charge in [-0.3, -0.25) is 9.59 Å². The fourth-order valence-electron chi connectivity index (χ4n) is 4.22. The van der Waals surface area contributed by atoms with Crippen LogP contribution >= 0.6 is 0 Å². The minimum Gasteiger partial charge on any atom is -0.352 e. The molecule has 4 rings (SSSR count). The van der Waals surface area contributed by atoms with Crippen molar-refractivity contribution in [2.24, 2.45) is 5.92 Å². The Kier molecular flexibility index (Phi) is 5.46. The predicted molar refractivity (Wildman–Crippen MR) is 107 cm³/mol. The molecule has 0 bridgehead atoms. The van der Waals surface area contributed by atoms with E-state index in [-0.39, 0.29) is 11.8 Å². The van der Waals surface area contributed by atoms with Gasteiger partial charge in [-0.15, -0.1) is 0 Å². The molecule has 2 amide bonds. The van der Waals surface area contributed by atoms with Gasteiger partial charge in [0.2, 0.25) is 11.8 Å². The molecule has 0 radical (unpaired) electrons. The fraction of sp³-hybridized carbons (Fsp3) is 0.500. The van der Waals surface area contributed by atoms with E-state index < -0.39 is 0 Å². The maximum atomic E-state index is 12.3. The minimum absolute atomic E-state index is 0.0904. The molecule has 0 unspecified atom stereocenters. The first-order valence-electron chi connectivity index (χ1n) is 10.3. The normalized spacial score (nSPS) is 16.8. The van der Waals surface area contributed by atoms with E-state index in [0.717, 1.165) is 55.7 Å². The zero-order chi connectivity index (χ0) is 19.5. The summed E-state index contributed by atoms with van der Waals surface area (Å²) in [4.78, 5) is 30.3. The third-order valence-corrected chi connectivity index (χ3v) is 5.90. The second-order valence-corrected chi connectivity index (χ2v) is 7.97. The van der Waals surface area contributed by atoms with Crippen LogP contribution in [-0.2, 0) is 29.1 Å². The van der Waals surface area contributed by atoms with Crippen LogP contribution in [0.3, 0.4) is 0 Å². The van der Waals surface area contributed by atoms with Gasteiger partial charge in [-0.2, -0.15) is 0 Å². The summed E-state index contributed by atoms with van der Waals surface area (Å²) in [6.45, 7) is 4.74. The van der Waals surface area contributed by atoms with Crippen LogP contribution in [0.1, 0.15) is 44.0 Å². The number of carbonyl (C=O) groups excluding carboxylic acids is 2. The number of nitrogens with one attached hydrogen (secondary N) is 1. The van der Waals surface area contributed by atoms with Crippen LogP contribution in [0.15, 0.2) is 30.5 Å². The molecule has 1 fully saturated rings. The van der Waals surface area contributed by atoms with E-state index in [1.807, 2.05) is 17.0 Å². The van der Waals surface area contributed by atoms with Gasteiger partial charge in [0.25, 0.3) is 0 Å². The van der Waals surface area contributed by atoms with Crippen molar-refractivity contribution in [3.8, 4) is 11.3 Å². The molecular weight excluding hydrogens is 352 g/mol. The lowest BCUT2D eigenvalue weighted by Gasteiger charge is -2.30. The van der Waals surface area contributed by atoms with E-state index in [2.05, 4.69) is 28.2 Å². The van der Waals surface area contributed by atoms with E-state index in [1.165, 1.54) is 12.2 Å². The number of imidazole rings is 1. The Bertz CT molecular complexity index is 844. The summed E-state index contributed by atoms with van der Waals surface area (Å²) < 4.78 is 2.24. The van der Waals surface area contributed by atoms with E-state index in [1.54, 1.807) is 6.92 Å². The van der Waals surface area contributed by atoms with Gasteiger partial charge >= 0.3 is 0 Å². The van der Waals surface area contributed by atoms with E-state index >= 15 is 0 Å². The number of amides is 2. The number of aromatic nitrogens is 2. The first-order chi connectivity index (χ1) is 13.6. The molecule has 1 saturated heterocycles. The molecule has 1 N–H and O–H groups in total. The smallest absolute Gasteiger partial charge is 0.220 e. The number of benzene rings is 1. The van der Waals surface area contributed by atoms with Gasteiger partial charge in [0.1, 0.15) is 5.82 Å². The minimum atomic E-state index is 0.0904. The molecular formula is C22H28N4O2. The highest BCUT2D eigenvalue weighted by Gasteiger charge is 2.22. The Morgan fingerprint density at radius 2 is 2.04 bits per heavy atom. The largest absolute Gasteiger partial charge is 0.352 e. The molecule has 1 aromatic carbocycles. The Morgan fingerprint density at radius 1 is 1.21 bits per heavy atom. The maximum absolute atomic E-state index is 12.3. The van der Waals surface area contributed by atoms with Crippen molar-refractivity contribution in [3.63, 3.8) is 0 Å². The summed E-state index contributed by atoms with van der Waals surface area (Å²) in [5.41, 5.74) is 3.20. The van der Waals surface area contributed by atoms with E-state index in [0.29, 0.717) is 18.9 Å². The van der Waals surface area contributed by atoms with Crippen LogP contribution in [0, 0.1) is 5.92 Å². The lowest BCUT2D eigenvalue weighted by molar-refractivity contribution is -0.130. The summed E-state index contributed by atoms with van der Waals surface area (Å²) in [6, 6.07) is 8.26. The molecule has 2 aliphatic rings. The van der Waals surface area contributed by atoms with Crippen LogP contribution in [-0.4, -0.2) is 39.4 Å². The number of hydrogen-bond acceptors (Lipinski definition) is 3. The van der Waals surface area contributed by atoms with Crippen molar-refractivity contribution >= 4 is 11.8 Å². The zero-order valence-electron chi connectivity index (χ0n) is 16.5. The summed E-state index contributed by atoms with van der Waals surface area (Å²) in [7, 11) is 0. The van der Waals surface area contributed by atoms with Crippen molar-refractivity contribution in [3.05, 3.63) is 41.9 Å². The van der Waals surface area contributed by atoms with Crippen molar-refractivity contribution in [1.29, 1.82) is 0 Å². The van der Waals surface area contributed by atoms with Gasteiger partial charge in [0, 0.05) is 57.7 Å². The Morgan fingerprint density at radius 3 is 2.79 bits per heavy atom. The Hall–Kier alpha value is -2.63.